The maximum absolute atomic E-state index is 12.3. The molecule has 3 aromatic rings. The lowest BCUT2D eigenvalue weighted by molar-refractivity contribution is -0.137. The minimum Gasteiger partial charge on any atom is -0.481 e. The second kappa shape index (κ2) is 6.93. The molecule has 4 rings (SSSR count). The zero-order valence-electron chi connectivity index (χ0n) is 15.7. The summed E-state index contributed by atoms with van der Waals surface area (Å²) >= 11 is 0. The van der Waals surface area contributed by atoms with Gasteiger partial charge in [-0.15, -0.1) is 0 Å². The third kappa shape index (κ3) is 3.16. The van der Waals surface area contributed by atoms with Gasteiger partial charge in [0.1, 0.15) is 0 Å². The van der Waals surface area contributed by atoms with Crippen molar-refractivity contribution >= 4 is 11.7 Å². The van der Waals surface area contributed by atoms with Crippen LogP contribution in [0.1, 0.15) is 34.7 Å². The van der Waals surface area contributed by atoms with Gasteiger partial charge < -0.3 is 9.67 Å². The van der Waals surface area contributed by atoms with Crippen LogP contribution in [0.2, 0.25) is 0 Å². The maximum Gasteiger partial charge on any atom is 0.305 e. The van der Waals surface area contributed by atoms with Gasteiger partial charge in [-0.3, -0.25) is 14.6 Å². The number of hydrogen-bond donors (Lipinski definition) is 1. The van der Waals surface area contributed by atoms with Gasteiger partial charge in [-0.05, 0) is 18.1 Å². The molecule has 0 saturated heterocycles. The highest BCUT2D eigenvalue weighted by atomic mass is 16.4. The minimum absolute atomic E-state index is 0.177. The van der Waals surface area contributed by atoms with Crippen LogP contribution in [0.4, 0.5) is 0 Å². The van der Waals surface area contributed by atoms with E-state index in [-0.39, 0.29) is 12.0 Å². The van der Waals surface area contributed by atoms with Crippen molar-refractivity contribution in [3.8, 4) is 11.1 Å². The number of nitrogens with zero attached hydrogens (tertiary/aromatic N) is 2. The quantitative estimate of drug-likeness (QED) is 0.761. The molecule has 0 bridgehead atoms. The number of aromatic nitrogens is 1. The Morgan fingerprint density at radius 1 is 1.07 bits per heavy atom. The minimum atomic E-state index is -0.949. The normalized spacial score (nSPS) is 15.2. The highest BCUT2D eigenvalue weighted by molar-refractivity contribution is 6.17. The Hall–Kier alpha value is -3.47. The fourth-order valence-corrected chi connectivity index (χ4v) is 3.63. The molecule has 1 aliphatic rings. The molecule has 0 radical (unpaired) electrons. The van der Waals surface area contributed by atoms with Crippen LogP contribution in [0.25, 0.3) is 11.1 Å². The first kappa shape index (κ1) is 17.9. The van der Waals surface area contributed by atoms with E-state index in [0.29, 0.717) is 5.56 Å². The lowest BCUT2D eigenvalue weighted by Crippen LogP contribution is -2.18. The van der Waals surface area contributed by atoms with Gasteiger partial charge in [0, 0.05) is 36.0 Å². The van der Waals surface area contributed by atoms with Gasteiger partial charge in [0.2, 0.25) is 0 Å². The predicted molar refractivity (Wildman–Crippen MR) is 109 cm³/mol. The Morgan fingerprint density at radius 3 is 2.43 bits per heavy atom. The van der Waals surface area contributed by atoms with E-state index in [1.807, 2.05) is 55.5 Å². The number of aryl methyl sites for hydroxylation is 2. The molecule has 2 aromatic carbocycles. The third-order valence-corrected chi connectivity index (χ3v) is 5.07. The Bertz CT molecular complexity index is 1160. The summed E-state index contributed by atoms with van der Waals surface area (Å²) in [6.45, 7) is 2.02. The van der Waals surface area contributed by atoms with Gasteiger partial charge in [0.15, 0.2) is 0 Å². The van der Waals surface area contributed by atoms with E-state index in [2.05, 4.69) is 0 Å². The van der Waals surface area contributed by atoms with Crippen LogP contribution >= 0.6 is 0 Å². The van der Waals surface area contributed by atoms with Gasteiger partial charge >= 0.3 is 5.97 Å². The molecule has 0 spiro atoms. The fraction of sp³-hybridized carbons (Fsp3) is 0.174. The number of hydrogen-bond acceptors (Lipinski definition) is 3. The largest absolute Gasteiger partial charge is 0.481 e. The van der Waals surface area contributed by atoms with E-state index in [4.69, 9.17) is 4.99 Å². The molecule has 2 heterocycles. The number of benzene rings is 2. The van der Waals surface area contributed by atoms with Crippen LogP contribution in [-0.2, 0) is 11.8 Å². The van der Waals surface area contributed by atoms with E-state index in [1.165, 1.54) is 10.6 Å². The molecule has 0 aliphatic carbocycles. The van der Waals surface area contributed by atoms with Crippen molar-refractivity contribution < 1.29 is 9.90 Å². The summed E-state index contributed by atoms with van der Waals surface area (Å²) in [5.41, 5.74) is 6.00. The van der Waals surface area contributed by atoms with Crippen molar-refractivity contribution in [2.75, 3.05) is 0 Å². The van der Waals surface area contributed by atoms with E-state index in [0.717, 1.165) is 33.5 Å². The van der Waals surface area contributed by atoms with Crippen molar-refractivity contribution in [3.63, 3.8) is 0 Å². The number of aliphatic imine (C=N–C) groups is 1. The molecule has 0 unspecified atom stereocenters. The number of carbonyl (C=O) groups is 1. The van der Waals surface area contributed by atoms with Gasteiger partial charge in [-0.2, -0.15) is 0 Å². The number of fused-ring (bicyclic) bond motifs is 3. The second-order valence-electron chi connectivity index (χ2n) is 7.09. The van der Waals surface area contributed by atoms with Gasteiger partial charge in [0.05, 0.1) is 18.2 Å². The van der Waals surface area contributed by atoms with Crippen LogP contribution < -0.4 is 5.56 Å². The summed E-state index contributed by atoms with van der Waals surface area (Å²) in [5.74, 6) is -0.949. The van der Waals surface area contributed by atoms with E-state index < -0.39 is 12.0 Å². The highest BCUT2D eigenvalue weighted by Crippen LogP contribution is 2.38. The average molecular weight is 372 g/mol. The lowest BCUT2D eigenvalue weighted by Gasteiger charge is -2.14. The first-order valence-electron chi connectivity index (χ1n) is 9.11. The number of carboxylic acids is 1. The summed E-state index contributed by atoms with van der Waals surface area (Å²) < 4.78 is 1.52. The van der Waals surface area contributed by atoms with Crippen molar-refractivity contribution in [3.05, 3.63) is 93.4 Å². The molecule has 1 atom stereocenters. The molecule has 28 heavy (non-hydrogen) atoms. The van der Waals surface area contributed by atoms with Gasteiger partial charge in [-0.1, -0.05) is 54.1 Å². The van der Waals surface area contributed by atoms with Crippen molar-refractivity contribution in [2.24, 2.45) is 12.0 Å². The summed E-state index contributed by atoms with van der Waals surface area (Å²) in [4.78, 5) is 28.7. The van der Waals surface area contributed by atoms with Crippen LogP contribution in [0, 0.1) is 6.92 Å². The predicted octanol–water partition coefficient (Wildman–Crippen LogP) is 3.73. The fourth-order valence-electron chi connectivity index (χ4n) is 3.63. The van der Waals surface area contributed by atoms with E-state index in [9.17, 15) is 14.7 Å². The van der Waals surface area contributed by atoms with Crippen LogP contribution in [0.5, 0.6) is 0 Å². The SMILES string of the molecule is Cc1ccc(C2=N[C@@H](CC(=O)O)c3cc(=O)n(C)cc3-c3ccccc32)cc1. The number of aliphatic carboxylic acids is 1. The molecule has 5 heteroatoms. The van der Waals surface area contributed by atoms with Crippen LogP contribution in [0.15, 0.2) is 70.6 Å². The monoisotopic (exact) mass is 372 g/mol. The Kier molecular flexibility index (Phi) is 4.43. The summed E-state index contributed by atoms with van der Waals surface area (Å²) in [6.07, 6.45) is 1.60. The smallest absolute Gasteiger partial charge is 0.305 e. The first-order valence-corrected chi connectivity index (χ1v) is 9.11. The van der Waals surface area contributed by atoms with Crippen molar-refractivity contribution in [1.29, 1.82) is 0 Å². The van der Waals surface area contributed by atoms with Crippen LogP contribution in [0.3, 0.4) is 0 Å². The zero-order chi connectivity index (χ0) is 19.8. The first-order chi connectivity index (χ1) is 13.4. The molecule has 140 valence electrons. The summed E-state index contributed by atoms with van der Waals surface area (Å²) in [7, 11) is 1.70. The molecule has 0 saturated carbocycles. The van der Waals surface area contributed by atoms with Crippen molar-refractivity contribution in [2.45, 2.75) is 19.4 Å². The molecule has 0 fully saturated rings. The Morgan fingerprint density at radius 2 is 1.75 bits per heavy atom. The molecule has 5 nitrogen and oxygen atoms in total. The average Bonchev–Trinajstić information content (AvgIpc) is 2.79. The summed E-state index contributed by atoms with van der Waals surface area (Å²) in [6, 6.07) is 16.8. The second-order valence-corrected chi connectivity index (χ2v) is 7.09. The van der Waals surface area contributed by atoms with Gasteiger partial charge in [-0.25, -0.2) is 0 Å². The van der Waals surface area contributed by atoms with E-state index >= 15 is 0 Å². The molecule has 1 aromatic heterocycles. The number of carboxylic acid groups (broad SMARTS) is 1. The Labute approximate surface area is 162 Å². The summed E-state index contributed by atoms with van der Waals surface area (Å²) in [5, 5.41) is 9.46. The Balaban J connectivity index is 2.04. The van der Waals surface area contributed by atoms with Crippen LogP contribution in [-0.4, -0.2) is 21.4 Å². The molecular weight excluding hydrogens is 352 g/mol. The number of rotatable bonds is 3. The number of pyridine rings is 1. The molecule has 1 N–H and O–H groups in total. The lowest BCUT2D eigenvalue weighted by atomic mass is 9.92. The molecule has 1 aliphatic heterocycles. The standard InChI is InChI=1S/C23H20N2O3/c1-14-7-9-15(10-8-14)23-17-6-4-3-5-16(17)19-13-25(2)21(26)11-18(19)20(24-23)12-22(27)28/h3-11,13,20H,12H2,1-2H3,(H,27,28)/t20-/m0/s1. The molecular formula is C23H20N2O3. The topological polar surface area (TPSA) is 71.7 Å². The van der Waals surface area contributed by atoms with Gasteiger partial charge in [0.25, 0.3) is 5.56 Å². The highest BCUT2D eigenvalue weighted by Gasteiger charge is 2.27. The van der Waals surface area contributed by atoms with Crippen molar-refractivity contribution in [1.82, 2.24) is 4.57 Å². The third-order valence-electron chi connectivity index (χ3n) is 5.07. The molecule has 0 amide bonds. The zero-order valence-corrected chi connectivity index (χ0v) is 15.7. The maximum atomic E-state index is 12.3. The van der Waals surface area contributed by atoms with E-state index in [1.54, 1.807) is 13.2 Å².